The van der Waals surface area contributed by atoms with Crippen molar-refractivity contribution in [3.8, 4) is 5.75 Å². The van der Waals surface area contributed by atoms with Crippen LogP contribution in [0.2, 0.25) is 0 Å². The minimum atomic E-state index is -0.462. The van der Waals surface area contributed by atoms with Crippen molar-refractivity contribution >= 4 is 0 Å². The van der Waals surface area contributed by atoms with Gasteiger partial charge in [0.25, 0.3) is 0 Å². The second-order valence-electron chi connectivity index (χ2n) is 5.15. The summed E-state index contributed by atoms with van der Waals surface area (Å²) in [5, 5.41) is 13.8. The Morgan fingerprint density at radius 1 is 1.22 bits per heavy atom. The van der Waals surface area contributed by atoms with Gasteiger partial charge in [0, 0.05) is 12.1 Å². The third kappa shape index (κ3) is 3.24. The first-order valence-electron chi connectivity index (χ1n) is 6.79. The van der Waals surface area contributed by atoms with E-state index in [9.17, 15) is 5.11 Å². The van der Waals surface area contributed by atoms with Crippen molar-refractivity contribution in [1.29, 1.82) is 0 Å². The van der Waals surface area contributed by atoms with Gasteiger partial charge in [-0.05, 0) is 37.5 Å². The van der Waals surface area contributed by atoms with Crippen LogP contribution in [0.3, 0.4) is 0 Å². The molecule has 0 heterocycles. The highest BCUT2D eigenvalue weighted by molar-refractivity contribution is 5.29. The summed E-state index contributed by atoms with van der Waals surface area (Å²) < 4.78 is 5.12. The Bertz CT molecular complexity index is 357. The monoisotopic (exact) mass is 249 g/mol. The molecule has 2 atom stereocenters. The average molecular weight is 249 g/mol. The Hall–Kier alpha value is -1.06. The minimum Gasteiger partial charge on any atom is -0.497 e. The Morgan fingerprint density at radius 3 is 2.39 bits per heavy atom. The highest BCUT2D eigenvalue weighted by Crippen LogP contribution is 2.23. The molecule has 0 radical (unpaired) electrons. The summed E-state index contributed by atoms with van der Waals surface area (Å²) in [4.78, 5) is 0. The van der Waals surface area contributed by atoms with Gasteiger partial charge in [0.2, 0.25) is 0 Å². The maximum absolute atomic E-state index is 10.3. The number of aliphatic hydroxyl groups is 1. The van der Waals surface area contributed by atoms with Gasteiger partial charge in [-0.25, -0.2) is 0 Å². The van der Waals surface area contributed by atoms with Gasteiger partial charge in [0.05, 0.1) is 13.2 Å². The fraction of sp³-hybridized carbons (Fsp3) is 0.600. The molecule has 100 valence electrons. The molecule has 0 bridgehead atoms. The lowest BCUT2D eigenvalue weighted by Crippen LogP contribution is -2.38. The first kappa shape index (κ1) is 13.4. The number of aliphatic hydroxyl groups excluding tert-OH is 1. The van der Waals surface area contributed by atoms with Crippen LogP contribution < -0.4 is 10.1 Å². The van der Waals surface area contributed by atoms with Crippen LogP contribution >= 0.6 is 0 Å². The first-order valence-corrected chi connectivity index (χ1v) is 6.79. The molecule has 1 aromatic rings. The van der Waals surface area contributed by atoms with Crippen molar-refractivity contribution in [1.82, 2.24) is 5.32 Å². The lowest BCUT2D eigenvalue weighted by atomic mass is 10.0. The number of rotatable bonds is 5. The molecule has 0 aromatic heterocycles. The van der Waals surface area contributed by atoms with E-state index < -0.39 is 6.10 Å². The third-order valence-electron chi connectivity index (χ3n) is 3.78. The fourth-order valence-corrected chi connectivity index (χ4v) is 2.65. The molecule has 1 aliphatic rings. The van der Waals surface area contributed by atoms with Gasteiger partial charge in [0.1, 0.15) is 5.75 Å². The van der Waals surface area contributed by atoms with E-state index in [4.69, 9.17) is 4.74 Å². The van der Waals surface area contributed by atoms with Crippen molar-refractivity contribution in [2.45, 2.75) is 50.8 Å². The molecule has 1 fully saturated rings. The van der Waals surface area contributed by atoms with Crippen LogP contribution in [0, 0.1) is 0 Å². The van der Waals surface area contributed by atoms with Crippen molar-refractivity contribution in [3.63, 3.8) is 0 Å². The standard InChI is InChI=1S/C15H23NO2/c1-11(16-13-5-3-4-6-13)15(17)12-7-9-14(18-2)10-8-12/h7-11,13,15-17H,3-6H2,1-2H3. The van der Waals surface area contributed by atoms with Crippen molar-refractivity contribution in [3.05, 3.63) is 29.8 Å². The molecule has 1 aromatic carbocycles. The van der Waals surface area contributed by atoms with Gasteiger partial charge in [-0.15, -0.1) is 0 Å². The van der Waals surface area contributed by atoms with E-state index in [1.807, 2.05) is 31.2 Å². The Morgan fingerprint density at radius 2 is 1.83 bits per heavy atom. The molecular formula is C15H23NO2. The van der Waals surface area contributed by atoms with E-state index in [-0.39, 0.29) is 6.04 Å². The Kier molecular flexibility index (Phi) is 4.61. The number of methoxy groups -OCH3 is 1. The smallest absolute Gasteiger partial charge is 0.118 e. The summed E-state index contributed by atoms with van der Waals surface area (Å²) in [6.45, 7) is 2.05. The third-order valence-corrected chi connectivity index (χ3v) is 3.78. The van der Waals surface area contributed by atoms with E-state index in [0.717, 1.165) is 11.3 Å². The largest absolute Gasteiger partial charge is 0.497 e. The molecule has 18 heavy (non-hydrogen) atoms. The first-order chi connectivity index (χ1) is 8.70. The predicted molar refractivity (Wildman–Crippen MR) is 72.8 cm³/mol. The zero-order chi connectivity index (χ0) is 13.0. The zero-order valence-electron chi connectivity index (χ0n) is 11.2. The molecule has 3 nitrogen and oxygen atoms in total. The van der Waals surface area contributed by atoms with Crippen LogP contribution in [0.25, 0.3) is 0 Å². The topological polar surface area (TPSA) is 41.5 Å². The summed E-state index contributed by atoms with van der Waals surface area (Å²) in [7, 11) is 1.65. The van der Waals surface area contributed by atoms with Gasteiger partial charge < -0.3 is 15.2 Å². The number of nitrogens with one attached hydrogen (secondary N) is 1. The van der Waals surface area contributed by atoms with Crippen LogP contribution in [0.15, 0.2) is 24.3 Å². The van der Waals surface area contributed by atoms with Crippen molar-refractivity contribution in [2.75, 3.05) is 7.11 Å². The number of hydrogen-bond donors (Lipinski definition) is 2. The molecular weight excluding hydrogens is 226 g/mol. The second kappa shape index (κ2) is 6.21. The van der Waals surface area contributed by atoms with Gasteiger partial charge in [-0.1, -0.05) is 25.0 Å². The van der Waals surface area contributed by atoms with Crippen LogP contribution in [0.4, 0.5) is 0 Å². The zero-order valence-corrected chi connectivity index (χ0v) is 11.2. The summed E-state index contributed by atoms with van der Waals surface area (Å²) in [6.07, 6.45) is 4.63. The summed E-state index contributed by atoms with van der Waals surface area (Å²) in [5.74, 6) is 0.822. The number of benzene rings is 1. The van der Waals surface area contributed by atoms with E-state index in [1.54, 1.807) is 7.11 Å². The molecule has 0 saturated heterocycles. The normalized spacial score (nSPS) is 19.7. The van der Waals surface area contributed by atoms with Crippen molar-refractivity contribution < 1.29 is 9.84 Å². The van der Waals surface area contributed by atoms with Gasteiger partial charge in [-0.3, -0.25) is 0 Å². The average Bonchev–Trinajstić information content (AvgIpc) is 2.91. The fourth-order valence-electron chi connectivity index (χ4n) is 2.65. The van der Waals surface area contributed by atoms with Gasteiger partial charge in [0.15, 0.2) is 0 Å². The number of ether oxygens (including phenoxy) is 1. The lowest BCUT2D eigenvalue weighted by Gasteiger charge is -2.24. The maximum Gasteiger partial charge on any atom is 0.118 e. The van der Waals surface area contributed by atoms with Crippen LogP contribution in [-0.2, 0) is 0 Å². The van der Waals surface area contributed by atoms with Gasteiger partial charge in [-0.2, -0.15) is 0 Å². The van der Waals surface area contributed by atoms with Crippen LogP contribution in [-0.4, -0.2) is 24.3 Å². The Labute approximate surface area is 109 Å². The van der Waals surface area contributed by atoms with E-state index >= 15 is 0 Å². The molecule has 0 aliphatic heterocycles. The van der Waals surface area contributed by atoms with E-state index in [2.05, 4.69) is 5.32 Å². The van der Waals surface area contributed by atoms with Crippen molar-refractivity contribution in [2.24, 2.45) is 0 Å². The Balaban J connectivity index is 1.93. The molecule has 2 rings (SSSR count). The minimum absolute atomic E-state index is 0.0847. The number of hydrogen-bond acceptors (Lipinski definition) is 3. The molecule has 0 spiro atoms. The molecule has 3 heteroatoms. The predicted octanol–water partition coefficient (Wildman–Crippen LogP) is 2.65. The van der Waals surface area contributed by atoms with Crippen LogP contribution in [0.1, 0.15) is 44.3 Å². The van der Waals surface area contributed by atoms with E-state index in [0.29, 0.717) is 6.04 Å². The summed E-state index contributed by atoms with van der Waals surface area (Å²) in [6, 6.07) is 8.29. The molecule has 2 N–H and O–H groups in total. The molecule has 1 saturated carbocycles. The van der Waals surface area contributed by atoms with Gasteiger partial charge >= 0.3 is 0 Å². The SMILES string of the molecule is COc1ccc(C(O)C(C)NC2CCCC2)cc1. The molecule has 1 aliphatic carbocycles. The molecule has 0 amide bonds. The molecule has 2 unspecified atom stereocenters. The summed E-state index contributed by atoms with van der Waals surface area (Å²) >= 11 is 0. The highest BCUT2D eigenvalue weighted by Gasteiger charge is 2.22. The maximum atomic E-state index is 10.3. The lowest BCUT2D eigenvalue weighted by molar-refractivity contribution is 0.129. The highest BCUT2D eigenvalue weighted by atomic mass is 16.5. The second-order valence-corrected chi connectivity index (χ2v) is 5.15. The van der Waals surface area contributed by atoms with E-state index in [1.165, 1.54) is 25.7 Å². The van der Waals surface area contributed by atoms with Crippen LogP contribution in [0.5, 0.6) is 5.75 Å². The quantitative estimate of drug-likeness (QED) is 0.843. The summed E-state index contributed by atoms with van der Waals surface area (Å²) in [5.41, 5.74) is 0.939.